The first kappa shape index (κ1) is 24.1. The molecule has 1 aliphatic heterocycles. The number of hydrogen-bond donors (Lipinski definition) is 3. The zero-order valence-electron chi connectivity index (χ0n) is 20.1. The summed E-state index contributed by atoms with van der Waals surface area (Å²) in [7, 11) is 0. The van der Waals surface area contributed by atoms with E-state index in [1.54, 1.807) is 6.07 Å². The molecule has 11 heteroatoms. The molecule has 3 aromatic rings. The number of aryl methyl sites for hydroxylation is 1. The number of nitrogens with one attached hydrogen (secondary N) is 2. The Bertz CT molecular complexity index is 1310. The molecular weight excluding hydrogens is 481 g/mol. The number of amides is 2. The number of carbonyl (C=O) groups is 2. The van der Waals surface area contributed by atoms with Crippen molar-refractivity contribution in [3.63, 3.8) is 0 Å². The molecule has 2 atom stereocenters. The van der Waals surface area contributed by atoms with E-state index in [0.717, 1.165) is 36.9 Å². The second-order valence-corrected chi connectivity index (χ2v) is 10.3. The number of rotatable bonds is 7. The third kappa shape index (κ3) is 5.15. The lowest BCUT2D eigenvalue weighted by atomic mass is 9.98. The van der Waals surface area contributed by atoms with Crippen molar-refractivity contribution < 1.29 is 14.0 Å². The van der Waals surface area contributed by atoms with Crippen molar-refractivity contribution in [3.8, 4) is 0 Å². The van der Waals surface area contributed by atoms with Gasteiger partial charge < -0.3 is 21.3 Å². The molecule has 0 unspecified atom stereocenters. The van der Waals surface area contributed by atoms with Crippen LogP contribution in [0.15, 0.2) is 30.5 Å². The summed E-state index contributed by atoms with van der Waals surface area (Å²) < 4.78 is 18.9. The van der Waals surface area contributed by atoms with Crippen LogP contribution in [-0.2, 0) is 0 Å². The van der Waals surface area contributed by atoms with E-state index >= 15 is 0 Å². The molecule has 188 valence electrons. The number of benzene rings is 1. The Morgan fingerprint density at radius 1 is 1.19 bits per heavy atom. The van der Waals surface area contributed by atoms with E-state index in [2.05, 4.69) is 31.9 Å². The normalized spacial score (nSPS) is 19.7. The first-order valence-electron chi connectivity index (χ1n) is 12.0. The van der Waals surface area contributed by atoms with Gasteiger partial charge in [-0.2, -0.15) is 4.37 Å². The van der Waals surface area contributed by atoms with Crippen LogP contribution in [0.5, 0.6) is 0 Å². The number of nitrogens with zero attached hydrogens (tertiary/aromatic N) is 4. The van der Waals surface area contributed by atoms with E-state index in [9.17, 15) is 14.0 Å². The lowest BCUT2D eigenvalue weighted by molar-refractivity contribution is 0.0925. The molecular formula is C25H28FN7O2S. The summed E-state index contributed by atoms with van der Waals surface area (Å²) in [6, 6.07) is 6.68. The van der Waals surface area contributed by atoms with E-state index in [4.69, 9.17) is 5.73 Å². The Hall–Kier alpha value is -3.60. The zero-order chi connectivity index (χ0) is 25.4. The van der Waals surface area contributed by atoms with Crippen molar-refractivity contribution in [2.24, 2.45) is 5.73 Å². The maximum Gasteiger partial charge on any atom is 0.271 e. The average molecular weight is 510 g/mol. The minimum atomic E-state index is -0.690. The maximum absolute atomic E-state index is 14.6. The third-order valence-corrected chi connectivity index (χ3v) is 7.46. The van der Waals surface area contributed by atoms with Gasteiger partial charge in [0.2, 0.25) is 0 Å². The molecule has 1 aromatic carbocycles. The van der Waals surface area contributed by atoms with Gasteiger partial charge in [0.1, 0.15) is 16.6 Å². The van der Waals surface area contributed by atoms with Crippen molar-refractivity contribution in [2.45, 2.75) is 57.5 Å². The average Bonchev–Trinajstić information content (AvgIpc) is 3.62. The van der Waals surface area contributed by atoms with Crippen LogP contribution in [0, 0.1) is 12.7 Å². The van der Waals surface area contributed by atoms with Crippen molar-refractivity contribution in [1.82, 2.24) is 19.7 Å². The highest BCUT2D eigenvalue weighted by Crippen LogP contribution is 2.40. The Morgan fingerprint density at radius 2 is 2.00 bits per heavy atom. The first-order valence-corrected chi connectivity index (χ1v) is 12.8. The number of piperidine rings is 1. The first-order chi connectivity index (χ1) is 17.3. The third-order valence-electron chi connectivity index (χ3n) is 6.66. The number of nitrogens with two attached hydrogens (primary N) is 1. The van der Waals surface area contributed by atoms with Gasteiger partial charge in [-0.3, -0.25) is 9.59 Å². The molecule has 1 saturated heterocycles. The predicted molar refractivity (Wildman–Crippen MR) is 136 cm³/mol. The number of hydrogen-bond acceptors (Lipinski definition) is 8. The van der Waals surface area contributed by atoms with Crippen LogP contribution in [0.2, 0.25) is 0 Å². The fourth-order valence-electron chi connectivity index (χ4n) is 4.52. The molecule has 9 nitrogen and oxygen atoms in total. The number of anilines is 3. The molecule has 3 heterocycles. The van der Waals surface area contributed by atoms with E-state index in [1.807, 2.05) is 24.0 Å². The van der Waals surface area contributed by atoms with Gasteiger partial charge in [0, 0.05) is 18.6 Å². The van der Waals surface area contributed by atoms with E-state index in [0.29, 0.717) is 23.3 Å². The summed E-state index contributed by atoms with van der Waals surface area (Å²) in [6.07, 6.45) is 5.21. The number of halogens is 1. The van der Waals surface area contributed by atoms with E-state index < -0.39 is 17.6 Å². The molecule has 2 aliphatic rings. The van der Waals surface area contributed by atoms with Crippen molar-refractivity contribution in [2.75, 3.05) is 16.8 Å². The van der Waals surface area contributed by atoms with Gasteiger partial charge in [-0.25, -0.2) is 14.4 Å². The molecule has 36 heavy (non-hydrogen) atoms. The highest BCUT2D eigenvalue weighted by atomic mass is 32.1. The molecule has 5 rings (SSSR count). The Balaban J connectivity index is 1.33. The SMILES string of the molecule is Cc1cc(Nc2nc(N3C[C@@H](NC(=O)c4ccc(C5CC5)cc4F)CC[C@@H]3C)cnc2C(N)=O)sn1. The Kier molecular flexibility index (Phi) is 6.57. The molecule has 1 saturated carbocycles. The Morgan fingerprint density at radius 3 is 2.67 bits per heavy atom. The molecule has 0 radical (unpaired) electrons. The van der Waals surface area contributed by atoms with Crippen LogP contribution in [-0.4, -0.2) is 44.8 Å². The minimum absolute atomic E-state index is 0.0319. The van der Waals surface area contributed by atoms with Gasteiger partial charge in [-0.1, -0.05) is 6.07 Å². The van der Waals surface area contributed by atoms with Crippen LogP contribution >= 0.6 is 11.5 Å². The molecule has 0 spiro atoms. The zero-order valence-corrected chi connectivity index (χ0v) is 20.9. The quantitative estimate of drug-likeness (QED) is 0.441. The molecule has 2 fully saturated rings. The summed E-state index contributed by atoms with van der Waals surface area (Å²) in [5, 5.41) is 6.80. The lowest BCUT2D eigenvalue weighted by Gasteiger charge is -2.39. The number of primary amides is 1. The highest BCUT2D eigenvalue weighted by molar-refractivity contribution is 7.10. The number of aromatic nitrogens is 3. The molecule has 2 aromatic heterocycles. The summed E-state index contributed by atoms with van der Waals surface area (Å²) in [6.45, 7) is 4.41. The van der Waals surface area contributed by atoms with E-state index in [1.165, 1.54) is 23.8 Å². The van der Waals surface area contributed by atoms with Crippen molar-refractivity contribution in [3.05, 3.63) is 58.8 Å². The molecule has 4 N–H and O–H groups in total. The molecule has 0 bridgehead atoms. The van der Waals surface area contributed by atoms with Gasteiger partial charge >= 0.3 is 0 Å². The maximum atomic E-state index is 14.6. The molecule has 1 aliphatic carbocycles. The van der Waals surface area contributed by atoms with Crippen LogP contribution in [0.3, 0.4) is 0 Å². The van der Waals surface area contributed by atoms with Crippen LogP contribution < -0.4 is 21.3 Å². The Labute approximate surface area is 212 Å². The van der Waals surface area contributed by atoms with Gasteiger partial charge in [-0.05, 0) is 80.7 Å². The fourth-order valence-corrected chi connectivity index (χ4v) is 5.18. The molecule has 2 amide bonds. The summed E-state index contributed by atoms with van der Waals surface area (Å²) >= 11 is 1.25. The topological polar surface area (TPSA) is 126 Å². The van der Waals surface area contributed by atoms with Crippen LogP contribution in [0.25, 0.3) is 0 Å². The van der Waals surface area contributed by atoms with Gasteiger partial charge in [-0.15, -0.1) is 0 Å². The summed E-state index contributed by atoms with van der Waals surface area (Å²) in [4.78, 5) is 35.8. The van der Waals surface area contributed by atoms with Crippen molar-refractivity contribution in [1.29, 1.82) is 0 Å². The van der Waals surface area contributed by atoms with E-state index in [-0.39, 0.29) is 29.2 Å². The fraction of sp³-hybridized carbons (Fsp3) is 0.400. The number of carbonyl (C=O) groups excluding carboxylic acids is 2. The highest BCUT2D eigenvalue weighted by Gasteiger charge is 2.30. The van der Waals surface area contributed by atoms with Gasteiger partial charge in [0.25, 0.3) is 11.8 Å². The summed E-state index contributed by atoms with van der Waals surface area (Å²) in [5.41, 5.74) is 7.40. The second-order valence-electron chi connectivity index (χ2n) is 9.51. The van der Waals surface area contributed by atoms with Crippen LogP contribution in [0.4, 0.5) is 21.0 Å². The second kappa shape index (κ2) is 9.81. The van der Waals surface area contributed by atoms with Crippen LogP contribution in [0.1, 0.15) is 70.6 Å². The largest absolute Gasteiger partial charge is 0.364 e. The lowest BCUT2D eigenvalue weighted by Crippen LogP contribution is -2.51. The standard InChI is InChI=1S/C25H28FN7O2S/c1-13-9-21(36-32-13)31-24-22(23(27)34)28-11-20(30-24)33-12-17(7-3-14(33)2)29-25(35)18-8-6-16(10-19(18)26)15-4-5-15/h6,8-11,14-15,17H,3-5,7,12H2,1-2H3,(H2,27,34)(H,29,35)(H,30,31)/t14-,17-/m0/s1. The van der Waals surface area contributed by atoms with Gasteiger partial charge in [0.05, 0.1) is 17.5 Å². The smallest absolute Gasteiger partial charge is 0.271 e. The summed E-state index contributed by atoms with van der Waals surface area (Å²) in [5.74, 6) is -0.377. The monoisotopic (exact) mass is 509 g/mol. The minimum Gasteiger partial charge on any atom is -0.364 e. The van der Waals surface area contributed by atoms with Gasteiger partial charge in [0.15, 0.2) is 11.5 Å². The van der Waals surface area contributed by atoms with Crippen molar-refractivity contribution >= 4 is 40.0 Å². The predicted octanol–water partition coefficient (Wildman–Crippen LogP) is 3.89.